The SMILES string of the molecule is CS(=O)(=O)[C@H]1C(=O)N2CCCC[C@@H]12. The number of piperidine rings is 1. The van der Waals surface area contributed by atoms with Crippen LogP contribution in [0.4, 0.5) is 0 Å². The number of carbonyl (C=O) groups is 1. The molecule has 1 amide bonds. The number of sulfone groups is 1. The van der Waals surface area contributed by atoms with E-state index in [9.17, 15) is 13.2 Å². The molecule has 0 bridgehead atoms. The minimum Gasteiger partial charge on any atom is -0.337 e. The van der Waals surface area contributed by atoms with E-state index >= 15 is 0 Å². The molecular formula is C8H13NO3S. The van der Waals surface area contributed by atoms with Crippen LogP contribution >= 0.6 is 0 Å². The first kappa shape index (κ1) is 8.99. The third-order valence-electron chi connectivity index (χ3n) is 2.89. The van der Waals surface area contributed by atoms with Crippen LogP contribution in [0.2, 0.25) is 0 Å². The minimum absolute atomic E-state index is 0.0174. The zero-order valence-corrected chi connectivity index (χ0v) is 8.38. The average molecular weight is 203 g/mol. The van der Waals surface area contributed by atoms with Gasteiger partial charge in [-0.15, -0.1) is 0 Å². The summed E-state index contributed by atoms with van der Waals surface area (Å²) in [5, 5.41) is -0.729. The van der Waals surface area contributed by atoms with Gasteiger partial charge >= 0.3 is 0 Å². The molecule has 2 heterocycles. The molecule has 0 aromatic carbocycles. The van der Waals surface area contributed by atoms with Gasteiger partial charge in [0.2, 0.25) is 5.91 Å². The van der Waals surface area contributed by atoms with Gasteiger partial charge in [0.05, 0.1) is 6.04 Å². The number of β-lactam (4-membered cyclic amide) rings is 1. The van der Waals surface area contributed by atoms with E-state index in [0.717, 1.165) is 32.1 Å². The van der Waals surface area contributed by atoms with E-state index in [2.05, 4.69) is 0 Å². The minimum atomic E-state index is -3.18. The normalized spacial score (nSPS) is 33.9. The fourth-order valence-corrected chi connectivity index (χ4v) is 3.62. The quantitative estimate of drug-likeness (QED) is 0.554. The second-order valence-corrected chi connectivity index (χ2v) is 6.01. The van der Waals surface area contributed by atoms with Gasteiger partial charge in [-0.1, -0.05) is 0 Å². The molecule has 2 rings (SSSR count). The molecular weight excluding hydrogens is 190 g/mol. The van der Waals surface area contributed by atoms with Crippen LogP contribution in [0.5, 0.6) is 0 Å². The smallest absolute Gasteiger partial charge is 0.243 e. The van der Waals surface area contributed by atoms with Crippen LogP contribution < -0.4 is 0 Å². The summed E-state index contributed by atoms with van der Waals surface area (Å²) in [6.45, 7) is 0.746. The van der Waals surface area contributed by atoms with Crippen LogP contribution in [0.1, 0.15) is 19.3 Å². The van der Waals surface area contributed by atoms with Crippen LogP contribution in [-0.4, -0.2) is 43.3 Å². The Morgan fingerprint density at radius 1 is 1.38 bits per heavy atom. The van der Waals surface area contributed by atoms with Crippen LogP contribution in [0.25, 0.3) is 0 Å². The van der Waals surface area contributed by atoms with Gasteiger partial charge in [-0.3, -0.25) is 4.79 Å². The van der Waals surface area contributed by atoms with Crippen LogP contribution in [-0.2, 0) is 14.6 Å². The van der Waals surface area contributed by atoms with E-state index < -0.39 is 15.1 Å². The van der Waals surface area contributed by atoms with E-state index in [4.69, 9.17) is 0 Å². The standard InChI is InChI=1S/C8H13NO3S/c1-13(11,12)7-6-4-2-3-5-9(6)8(7)10/h6-7H,2-5H2,1H3/t6-,7+/m0/s1. The molecule has 2 atom stereocenters. The second-order valence-electron chi connectivity index (χ2n) is 3.84. The molecule has 2 saturated heterocycles. The lowest BCUT2D eigenvalue weighted by Gasteiger charge is -2.48. The molecule has 2 fully saturated rings. The third-order valence-corrected chi connectivity index (χ3v) is 4.32. The van der Waals surface area contributed by atoms with Gasteiger partial charge in [0.1, 0.15) is 0 Å². The first-order valence-electron chi connectivity index (χ1n) is 4.51. The monoisotopic (exact) mass is 203 g/mol. The van der Waals surface area contributed by atoms with Crippen molar-refractivity contribution in [3.63, 3.8) is 0 Å². The van der Waals surface area contributed by atoms with E-state index in [-0.39, 0.29) is 11.9 Å². The molecule has 2 aliphatic rings. The highest BCUT2D eigenvalue weighted by atomic mass is 32.2. The molecule has 0 spiro atoms. The molecule has 2 aliphatic heterocycles. The van der Waals surface area contributed by atoms with Crippen molar-refractivity contribution < 1.29 is 13.2 Å². The molecule has 0 unspecified atom stereocenters. The Kier molecular flexibility index (Phi) is 1.87. The Labute approximate surface area is 77.8 Å². The molecule has 5 heteroatoms. The predicted molar refractivity (Wildman–Crippen MR) is 48.0 cm³/mol. The van der Waals surface area contributed by atoms with Crippen LogP contribution in [0.15, 0.2) is 0 Å². The summed E-state index contributed by atoms with van der Waals surface area (Å²) in [4.78, 5) is 13.1. The summed E-state index contributed by atoms with van der Waals surface area (Å²) in [5.74, 6) is -0.188. The Morgan fingerprint density at radius 2 is 2.08 bits per heavy atom. The summed E-state index contributed by atoms with van der Waals surface area (Å²) in [6.07, 6.45) is 4.06. The molecule has 4 nitrogen and oxygen atoms in total. The van der Waals surface area contributed by atoms with Gasteiger partial charge in [-0.05, 0) is 19.3 Å². The fourth-order valence-electron chi connectivity index (χ4n) is 2.26. The number of amides is 1. The number of rotatable bonds is 1. The molecule has 0 N–H and O–H groups in total. The predicted octanol–water partition coefficient (Wildman–Crippen LogP) is -0.206. The molecule has 0 aromatic heterocycles. The summed E-state index contributed by atoms with van der Waals surface area (Å²) in [5.41, 5.74) is 0. The lowest BCUT2D eigenvalue weighted by molar-refractivity contribution is -0.147. The van der Waals surface area contributed by atoms with Crippen LogP contribution in [0, 0.1) is 0 Å². The largest absolute Gasteiger partial charge is 0.337 e. The van der Waals surface area contributed by atoms with Crippen molar-refractivity contribution in [3.05, 3.63) is 0 Å². The van der Waals surface area contributed by atoms with Crippen molar-refractivity contribution >= 4 is 15.7 Å². The first-order valence-corrected chi connectivity index (χ1v) is 6.46. The Balaban J connectivity index is 2.21. The average Bonchev–Trinajstić information content (AvgIpc) is 2.00. The number of carbonyl (C=O) groups excluding carboxylic acids is 1. The molecule has 13 heavy (non-hydrogen) atoms. The van der Waals surface area contributed by atoms with Crippen molar-refractivity contribution in [2.24, 2.45) is 0 Å². The van der Waals surface area contributed by atoms with E-state index in [1.54, 1.807) is 4.90 Å². The van der Waals surface area contributed by atoms with Gasteiger partial charge in [-0.2, -0.15) is 0 Å². The van der Waals surface area contributed by atoms with Crippen molar-refractivity contribution in [1.29, 1.82) is 0 Å². The van der Waals surface area contributed by atoms with Crippen molar-refractivity contribution in [2.45, 2.75) is 30.6 Å². The number of nitrogens with zero attached hydrogens (tertiary/aromatic N) is 1. The fraction of sp³-hybridized carbons (Fsp3) is 0.875. The van der Waals surface area contributed by atoms with Crippen molar-refractivity contribution in [1.82, 2.24) is 4.90 Å². The zero-order valence-electron chi connectivity index (χ0n) is 7.56. The van der Waals surface area contributed by atoms with E-state index in [1.807, 2.05) is 0 Å². The maximum Gasteiger partial charge on any atom is 0.243 e. The zero-order chi connectivity index (χ0) is 9.64. The second kappa shape index (κ2) is 2.70. The Hall–Kier alpha value is -0.580. The van der Waals surface area contributed by atoms with Gasteiger partial charge < -0.3 is 4.90 Å². The van der Waals surface area contributed by atoms with Crippen molar-refractivity contribution in [3.8, 4) is 0 Å². The van der Waals surface area contributed by atoms with E-state index in [1.165, 1.54) is 0 Å². The van der Waals surface area contributed by atoms with Gasteiger partial charge in [0.25, 0.3) is 0 Å². The lowest BCUT2D eigenvalue weighted by atomic mass is 9.91. The summed E-state index contributed by atoms with van der Waals surface area (Å²) in [6, 6.07) is -0.0174. The summed E-state index contributed by atoms with van der Waals surface area (Å²) < 4.78 is 22.5. The van der Waals surface area contributed by atoms with Gasteiger partial charge in [-0.25, -0.2) is 8.42 Å². The first-order chi connectivity index (χ1) is 6.02. The van der Waals surface area contributed by atoms with Gasteiger partial charge in [0.15, 0.2) is 15.1 Å². The summed E-state index contributed by atoms with van der Waals surface area (Å²) >= 11 is 0. The number of hydrogen-bond donors (Lipinski definition) is 0. The highest BCUT2D eigenvalue weighted by Crippen LogP contribution is 2.33. The number of fused-ring (bicyclic) bond motifs is 1. The maximum atomic E-state index is 11.4. The summed E-state index contributed by atoms with van der Waals surface area (Å²) in [7, 11) is -3.18. The van der Waals surface area contributed by atoms with Gasteiger partial charge in [0, 0.05) is 12.8 Å². The van der Waals surface area contributed by atoms with Crippen LogP contribution in [0.3, 0.4) is 0 Å². The Morgan fingerprint density at radius 3 is 2.69 bits per heavy atom. The molecule has 0 aliphatic carbocycles. The molecule has 0 saturated carbocycles. The van der Waals surface area contributed by atoms with Crippen molar-refractivity contribution in [2.75, 3.05) is 12.8 Å². The molecule has 0 radical (unpaired) electrons. The highest BCUT2D eigenvalue weighted by molar-refractivity contribution is 7.92. The third kappa shape index (κ3) is 1.25. The van der Waals surface area contributed by atoms with E-state index in [0.29, 0.717) is 0 Å². The molecule has 74 valence electrons. The topological polar surface area (TPSA) is 54.5 Å². The lowest BCUT2D eigenvalue weighted by Crippen LogP contribution is -2.68. The maximum absolute atomic E-state index is 11.4. The molecule has 0 aromatic rings. The highest BCUT2D eigenvalue weighted by Gasteiger charge is 2.53. The number of hydrogen-bond acceptors (Lipinski definition) is 3. The Bertz CT molecular complexity index is 335.